The molecule has 0 bridgehead atoms. The number of halogens is 1. The molecule has 0 saturated carbocycles. The van der Waals surface area contributed by atoms with E-state index < -0.39 is 5.82 Å². The van der Waals surface area contributed by atoms with Crippen LogP contribution in [-0.2, 0) is 6.54 Å². The molecule has 1 saturated heterocycles. The molecule has 1 aromatic heterocycles. The fourth-order valence-electron chi connectivity index (χ4n) is 2.85. The highest BCUT2D eigenvalue weighted by Gasteiger charge is 2.30. The number of amides is 1. The average molecular weight is 314 g/mol. The Morgan fingerprint density at radius 3 is 2.78 bits per heavy atom. The quantitative estimate of drug-likeness (QED) is 0.866. The van der Waals surface area contributed by atoms with Crippen molar-refractivity contribution in [1.82, 2.24) is 19.8 Å². The highest BCUT2D eigenvalue weighted by Crippen LogP contribution is 2.19. The Bertz CT molecular complexity index is 679. The highest BCUT2D eigenvalue weighted by molar-refractivity contribution is 5.94. The number of nitrogens with zero attached hydrogens (tertiary/aromatic N) is 4. The molecule has 1 fully saturated rings. The topological polar surface area (TPSA) is 49.3 Å². The van der Waals surface area contributed by atoms with Crippen molar-refractivity contribution in [3.8, 4) is 0 Å². The van der Waals surface area contributed by atoms with Gasteiger partial charge in [-0.1, -0.05) is 12.1 Å². The summed E-state index contributed by atoms with van der Waals surface area (Å²) in [5.74, 6) is 0.0517. The third-order valence-electron chi connectivity index (χ3n) is 4.19. The van der Waals surface area contributed by atoms with Crippen molar-refractivity contribution in [3.05, 3.63) is 59.9 Å². The molecule has 1 atom stereocenters. The zero-order valence-electron chi connectivity index (χ0n) is 13.0. The van der Waals surface area contributed by atoms with Crippen LogP contribution in [0.5, 0.6) is 0 Å². The smallest absolute Gasteiger partial charge is 0.256 e. The molecule has 0 radical (unpaired) electrons. The largest absolute Gasteiger partial charge is 0.337 e. The van der Waals surface area contributed by atoms with E-state index in [2.05, 4.69) is 14.9 Å². The van der Waals surface area contributed by atoms with Crippen LogP contribution in [0.2, 0.25) is 0 Å². The summed E-state index contributed by atoms with van der Waals surface area (Å²) < 4.78 is 13.8. The van der Waals surface area contributed by atoms with Crippen molar-refractivity contribution in [2.45, 2.75) is 19.0 Å². The van der Waals surface area contributed by atoms with E-state index in [1.807, 2.05) is 7.05 Å². The van der Waals surface area contributed by atoms with E-state index in [0.29, 0.717) is 19.6 Å². The number of likely N-dealkylation sites (N-methyl/N-ethyl adjacent to an activating group) is 1. The predicted octanol–water partition coefficient (Wildman–Crippen LogP) is 1.96. The third kappa shape index (κ3) is 3.53. The van der Waals surface area contributed by atoms with E-state index in [1.54, 1.807) is 35.5 Å². The molecule has 1 unspecified atom stereocenters. The van der Waals surface area contributed by atoms with Gasteiger partial charge in [-0.2, -0.15) is 0 Å². The van der Waals surface area contributed by atoms with Crippen molar-refractivity contribution in [1.29, 1.82) is 0 Å². The van der Waals surface area contributed by atoms with E-state index in [4.69, 9.17) is 0 Å². The predicted molar refractivity (Wildman–Crippen MR) is 84.2 cm³/mol. The number of carbonyl (C=O) groups is 1. The van der Waals surface area contributed by atoms with Crippen LogP contribution in [0, 0.1) is 5.82 Å². The first-order valence-corrected chi connectivity index (χ1v) is 7.65. The van der Waals surface area contributed by atoms with Crippen LogP contribution in [0.15, 0.2) is 42.7 Å². The summed E-state index contributed by atoms with van der Waals surface area (Å²) in [6.07, 6.45) is 4.31. The molecule has 3 rings (SSSR count). The van der Waals surface area contributed by atoms with Gasteiger partial charge < -0.3 is 4.90 Å². The lowest BCUT2D eigenvalue weighted by atomic mass is 10.2. The van der Waals surface area contributed by atoms with Gasteiger partial charge in [0.2, 0.25) is 0 Å². The van der Waals surface area contributed by atoms with Crippen molar-refractivity contribution in [2.24, 2.45) is 0 Å². The zero-order valence-corrected chi connectivity index (χ0v) is 13.0. The van der Waals surface area contributed by atoms with Gasteiger partial charge in [-0.3, -0.25) is 9.69 Å². The van der Waals surface area contributed by atoms with Gasteiger partial charge in [0.15, 0.2) is 0 Å². The van der Waals surface area contributed by atoms with Crippen LogP contribution in [0.4, 0.5) is 4.39 Å². The number of likely N-dealkylation sites (tertiary alicyclic amines) is 1. The summed E-state index contributed by atoms with van der Waals surface area (Å²) in [5, 5.41) is 0. The van der Waals surface area contributed by atoms with Gasteiger partial charge in [0, 0.05) is 31.5 Å². The molecule has 1 aromatic carbocycles. The van der Waals surface area contributed by atoms with Crippen LogP contribution in [0.1, 0.15) is 22.6 Å². The minimum absolute atomic E-state index is 0.141. The standard InChI is InChI=1S/C17H19FN4O/c1-21(12-16-19-8-4-9-20-16)13-7-10-22(11-13)17(23)14-5-2-3-6-15(14)18/h2-6,8-9,13H,7,10-12H2,1H3. The Kier molecular flexibility index (Phi) is 4.62. The molecular formula is C17H19FN4O. The van der Waals surface area contributed by atoms with E-state index in [9.17, 15) is 9.18 Å². The van der Waals surface area contributed by atoms with Crippen molar-refractivity contribution < 1.29 is 9.18 Å². The van der Waals surface area contributed by atoms with Crippen LogP contribution in [-0.4, -0.2) is 51.9 Å². The Balaban J connectivity index is 1.62. The first-order valence-electron chi connectivity index (χ1n) is 7.65. The molecule has 1 amide bonds. The molecule has 1 aliphatic rings. The molecule has 6 heteroatoms. The van der Waals surface area contributed by atoms with E-state index in [-0.39, 0.29) is 17.5 Å². The molecule has 2 aromatic rings. The number of benzene rings is 1. The second kappa shape index (κ2) is 6.83. The maximum Gasteiger partial charge on any atom is 0.256 e. The molecule has 0 aliphatic carbocycles. The summed E-state index contributed by atoms with van der Waals surface area (Å²) in [6.45, 7) is 1.86. The van der Waals surface area contributed by atoms with Crippen molar-refractivity contribution in [3.63, 3.8) is 0 Å². The lowest BCUT2D eigenvalue weighted by Gasteiger charge is -2.24. The second-order valence-corrected chi connectivity index (χ2v) is 5.75. The normalized spacial score (nSPS) is 17.7. The van der Waals surface area contributed by atoms with E-state index >= 15 is 0 Å². The van der Waals surface area contributed by atoms with Gasteiger partial charge in [0.1, 0.15) is 11.6 Å². The average Bonchev–Trinajstić information content (AvgIpc) is 3.06. The molecule has 1 aliphatic heterocycles. The lowest BCUT2D eigenvalue weighted by molar-refractivity contribution is 0.0774. The van der Waals surface area contributed by atoms with Gasteiger partial charge in [-0.25, -0.2) is 14.4 Å². The highest BCUT2D eigenvalue weighted by atomic mass is 19.1. The molecule has 0 N–H and O–H groups in total. The number of hydrogen-bond acceptors (Lipinski definition) is 4. The fraction of sp³-hybridized carbons (Fsp3) is 0.353. The summed E-state index contributed by atoms with van der Waals surface area (Å²) in [7, 11) is 2.00. The summed E-state index contributed by atoms with van der Waals surface area (Å²) in [5.41, 5.74) is 0.141. The van der Waals surface area contributed by atoms with Gasteiger partial charge >= 0.3 is 0 Å². The number of rotatable bonds is 4. The minimum atomic E-state index is -0.466. The summed E-state index contributed by atoms with van der Waals surface area (Å²) >= 11 is 0. The Labute approximate surface area is 134 Å². The Morgan fingerprint density at radius 2 is 2.04 bits per heavy atom. The molecular weight excluding hydrogens is 295 g/mol. The van der Waals surface area contributed by atoms with Gasteiger partial charge in [-0.15, -0.1) is 0 Å². The fourth-order valence-corrected chi connectivity index (χ4v) is 2.85. The van der Waals surface area contributed by atoms with Crippen LogP contribution >= 0.6 is 0 Å². The Morgan fingerprint density at radius 1 is 1.30 bits per heavy atom. The van der Waals surface area contributed by atoms with Crippen LogP contribution in [0.3, 0.4) is 0 Å². The van der Waals surface area contributed by atoms with E-state index in [1.165, 1.54) is 12.1 Å². The monoisotopic (exact) mass is 314 g/mol. The second-order valence-electron chi connectivity index (χ2n) is 5.75. The minimum Gasteiger partial charge on any atom is -0.337 e. The van der Waals surface area contributed by atoms with Crippen LogP contribution in [0.25, 0.3) is 0 Å². The number of hydrogen-bond donors (Lipinski definition) is 0. The van der Waals surface area contributed by atoms with Crippen molar-refractivity contribution >= 4 is 5.91 Å². The Hall–Kier alpha value is -2.34. The molecule has 23 heavy (non-hydrogen) atoms. The van der Waals surface area contributed by atoms with Gasteiger partial charge in [0.25, 0.3) is 5.91 Å². The van der Waals surface area contributed by atoms with Crippen molar-refractivity contribution in [2.75, 3.05) is 20.1 Å². The summed E-state index contributed by atoms with van der Waals surface area (Å²) in [4.78, 5) is 24.7. The lowest BCUT2D eigenvalue weighted by Crippen LogP contribution is -2.36. The van der Waals surface area contributed by atoms with Gasteiger partial charge in [-0.05, 0) is 31.7 Å². The van der Waals surface area contributed by atoms with Gasteiger partial charge in [0.05, 0.1) is 12.1 Å². The molecule has 0 spiro atoms. The number of carbonyl (C=O) groups excluding carboxylic acids is 1. The molecule has 120 valence electrons. The molecule has 5 nitrogen and oxygen atoms in total. The maximum atomic E-state index is 13.8. The SMILES string of the molecule is CN(Cc1ncccn1)C1CCN(C(=O)c2ccccc2F)C1. The first kappa shape index (κ1) is 15.6. The summed E-state index contributed by atoms with van der Waals surface area (Å²) in [6, 6.07) is 8.14. The van der Waals surface area contributed by atoms with E-state index in [0.717, 1.165) is 12.2 Å². The third-order valence-corrected chi connectivity index (χ3v) is 4.19. The first-order chi connectivity index (χ1) is 11.1. The maximum absolute atomic E-state index is 13.8. The van der Waals surface area contributed by atoms with Crippen LogP contribution < -0.4 is 0 Å². The zero-order chi connectivity index (χ0) is 16.2. The number of aromatic nitrogens is 2. The molecule has 2 heterocycles.